The first-order valence-corrected chi connectivity index (χ1v) is 8.57. The number of hydrogen-bond acceptors (Lipinski definition) is 5. The van der Waals surface area contributed by atoms with Crippen molar-refractivity contribution in [1.82, 2.24) is 4.31 Å². The maximum absolute atomic E-state index is 12.7. The minimum absolute atomic E-state index is 0.206. The molecule has 0 amide bonds. The molecule has 0 aliphatic carbocycles. The Labute approximate surface area is 131 Å². The summed E-state index contributed by atoms with van der Waals surface area (Å²) in [5.74, 6) is 0. The van der Waals surface area contributed by atoms with E-state index in [1.54, 1.807) is 0 Å². The summed E-state index contributed by atoms with van der Waals surface area (Å²) in [6.45, 7) is 0.982. The van der Waals surface area contributed by atoms with E-state index in [1.165, 1.54) is 29.6 Å². The predicted octanol–water partition coefficient (Wildman–Crippen LogP) is 2.16. The molecule has 1 aliphatic rings. The monoisotopic (exact) mass is 378 g/mol. The van der Waals surface area contributed by atoms with Crippen molar-refractivity contribution in [3.8, 4) is 0 Å². The first-order chi connectivity index (χ1) is 9.84. The van der Waals surface area contributed by atoms with Crippen LogP contribution >= 0.6 is 15.9 Å². The van der Waals surface area contributed by atoms with Gasteiger partial charge in [-0.15, -0.1) is 0 Å². The van der Waals surface area contributed by atoms with Crippen LogP contribution in [0.5, 0.6) is 0 Å². The zero-order chi connectivity index (χ0) is 15.6. The van der Waals surface area contributed by atoms with E-state index in [4.69, 9.17) is 4.74 Å². The van der Waals surface area contributed by atoms with Crippen LogP contribution in [0.4, 0.5) is 5.69 Å². The Kier molecular flexibility index (Phi) is 4.97. The van der Waals surface area contributed by atoms with E-state index in [0.29, 0.717) is 30.5 Å². The van der Waals surface area contributed by atoms with Crippen molar-refractivity contribution in [1.29, 1.82) is 0 Å². The highest BCUT2D eigenvalue weighted by Crippen LogP contribution is 2.31. The van der Waals surface area contributed by atoms with Crippen LogP contribution in [0.15, 0.2) is 27.6 Å². The third kappa shape index (κ3) is 3.42. The van der Waals surface area contributed by atoms with Gasteiger partial charge in [0, 0.05) is 36.8 Å². The van der Waals surface area contributed by atoms with E-state index in [-0.39, 0.29) is 10.9 Å². The molecule has 0 radical (unpaired) electrons. The quantitative estimate of drug-likeness (QED) is 0.591. The lowest BCUT2D eigenvalue weighted by Crippen LogP contribution is -2.40. The SMILES string of the molecule is CN(C1CCOCC1)S(=O)(=O)c1cc(Br)ccc1[N+](=O)[O-]. The molecule has 1 fully saturated rings. The molecule has 2 rings (SSSR count). The lowest BCUT2D eigenvalue weighted by Gasteiger charge is -2.30. The molecule has 0 aromatic heterocycles. The molecule has 1 heterocycles. The molecule has 1 aromatic carbocycles. The number of hydrogen-bond donors (Lipinski definition) is 0. The number of ether oxygens (including phenoxy) is 1. The topological polar surface area (TPSA) is 89.8 Å². The van der Waals surface area contributed by atoms with Gasteiger partial charge in [-0.05, 0) is 25.0 Å². The number of nitro benzene ring substituents is 1. The van der Waals surface area contributed by atoms with Gasteiger partial charge in [-0.25, -0.2) is 8.42 Å². The predicted molar refractivity (Wildman–Crippen MR) is 79.6 cm³/mol. The first-order valence-electron chi connectivity index (χ1n) is 6.34. The molecule has 7 nitrogen and oxygen atoms in total. The summed E-state index contributed by atoms with van der Waals surface area (Å²) in [5, 5.41) is 11.1. The second kappa shape index (κ2) is 6.39. The fraction of sp³-hybridized carbons (Fsp3) is 0.500. The zero-order valence-electron chi connectivity index (χ0n) is 11.4. The second-order valence-electron chi connectivity index (χ2n) is 4.73. The zero-order valence-corrected chi connectivity index (χ0v) is 13.8. The average molecular weight is 379 g/mol. The molecule has 1 aliphatic heterocycles. The smallest absolute Gasteiger partial charge is 0.289 e. The second-order valence-corrected chi connectivity index (χ2v) is 7.62. The average Bonchev–Trinajstić information content (AvgIpc) is 2.47. The van der Waals surface area contributed by atoms with Crippen molar-refractivity contribution in [2.75, 3.05) is 20.3 Å². The van der Waals surface area contributed by atoms with Gasteiger partial charge in [-0.1, -0.05) is 15.9 Å². The molecule has 0 unspecified atom stereocenters. The maximum atomic E-state index is 12.7. The van der Waals surface area contributed by atoms with Gasteiger partial charge in [-0.2, -0.15) is 4.31 Å². The molecule has 0 spiro atoms. The normalized spacial score (nSPS) is 17.1. The highest BCUT2D eigenvalue weighted by Gasteiger charge is 2.34. The number of halogens is 1. The summed E-state index contributed by atoms with van der Waals surface area (Å²) in [4.78, 5) is 10.1. The van der Waals surface area contributed by atoms with E-state index in [1.807, 2.05) is 0 Å². The Morgan fingerprint density at radius 1 is 1.38 bits per heavy atom. The van der Waals surface area contributed by atoms with Gasteiger partial charge in [0.1, 0.15) is 0 Å². The molecule has 116 valence electrons. The molecule has 0 saturated carbocycles. The van der Waals surface area contributed by atoms with Crippen LogP contribution in [-0.2, 0) is 14.8 Å². The molecule has 1 aromatic rings. The Morgan fingerprint density at radius 2 is 2.00 bits per heavy atom. The Bertz CT molecular complexity index is 643. The summed E-state index contributed by atoms with van der Waals surface area (Å²) >= 11 is 3.16. The summed E-state index contributed by atoms with van der Waals surface area (Å²) in [6, 6.07) is 3.70. The summed E-state index contributed by atoms with van der Waals surface area (Å²) in [5.41, 5.74) is -0.419. The van der Waals surface area contributed by atoms with Crippen LogP contribution in [0.25, 0.3) is 0 Å². The van der Waals surface area contributed by atoms with Gasteiger partial charge in [0.15, 0.2) is 4.90 Å². The molecule has 0 bridgehead atoms. The summed E-state index contributed by atoms with van der Waals surface area (Å²) < 4.78 is 32.2. The van der Waals surface area contributed by atoms with E-state index in [0.717, 1.165) is 0 Å². The van der Waals surface area contributed by atoms with Crippen LogP contribution in [0.2, 0.25) is 0 Å². The third-order valence-corrected chi connectivity index (χ3v) is 5.91. The highest BCUT2D eigenvalue weighted by molar-refractivity contribution is 9.10. The van der Waals surface area contributed by atoms with Crippen molar-refractivity contribution in [2.24, 2.45) is 0 Å². The molecule has 21 heavy (non-hydrogen) atoms. The third-order valence-electron chi connectivity index (χ3n) is 3.48. The van der Waals surface area contributed by atoms with Crippen LogP contribution in [-0.4, -0.2) is 43.9 Å². The van der Waals surface area contributed by atoms with Gasteiger partial charge < -0.3 is 4.74 Å². The standard InChI is InChI=1S/C12H15BrN2O5S/c1-14(10-4-6-20-7-5-10)21(18,19)12-8-9(13)2-3-11(12)15(16)17/h2-3,8,10H,4-7H2,1H3. The van der Waals surface area contributed by atoms with Gasteiger partial charge in [-0.3, -0.25) is 10.1 Å². The van der Waals surface area contributed by atoms with Gasteiger partial charge in [0.05, 0.1) is 4.92 Å². The molecule has 1 saturated heterocycles. The Hall–Kier alpha value is -1.03. The highest BCUT2D eigenvalue weighted by atomic mass is 79.9. The molecular weight excluding hydrogens is 364 g/mol. The fourth-order valence-corrected chi connectivity index (χ4v) is 4.35. The number of nitrogens with zero attached hydrogens (tertiary/aromatic N) is 2. The first kappa shape index (κ1) is 16.3. The number of sulfonamides is 1. The maximum Gasteiger partial charge on any atom is 0.289 e. The van der Waals surface area contributed by atoms with Crippen LogP contribution in [0.3, 0.4) is 0 Å². The molecule has 0 atom stereocenters. The lowest BCUT2D eigenvalue weighted by atomic mass is 10.1. The Morgan fingerprint density at radius 3 is 2.57 bits per heavy atom. The number of nitro groups is 1. The minimum atomic E-state index is -3.93. The van der Waals surface area contributed by atoms with Gasteiger partial charge in [0.25, 0.3) is 5.69 Å². The lowest BCUT2D eigenvalue weighted by molar-refractivity contribution is -0.387. The largest absolute Gasteiger partial charge is 0.381 e. The van der Waals surface area contributed by atoms with Crippen LogP contribution in [0, 0.1) is 10.1 Å². The van der Waals surface area contributed by atoms with E-state index in [2.05, 4.69) is 15.9 Å². The summed E-state index contributed by atoms with van der Waals surface area (Å²) in [7, 11) is -2.48. The summed E-state index contributed by atoms with van der Waals surface area (Å²) in [6.07, 6.45) is 1.16. The van der Waals surface area contributed by atoms with E-state index < -0.39 is 20.6 Å². The van der Waals surface area contributed by atoms with Crippen molar-refractivity contribution >= 4 is 31.6 Å². The van der Waals surface area contributed by atoms with Crippen molar-refractivity contribution in [3.05, 3.63) is 32.8 Å². The van der Waals surface area contributed by atoms with Crippen molar-refractivity contribution in [2.45, 2.75) is 23.8 Å². The number of benzene rings is 1. The molecule has 0 N–H and O–H groups in total. The molecule has 9 heteroatoms. The fourth-order valence-electron chi connectivity index (χ4n) is 2.25. The van der Waals surface area contributed by atoms with Crippen LogP contribution in [0.1, 0.15) is 12.8 Å². The van der Waals surface area contributed by atoms with Crippen LogP contribution < -0.4 is 0 Å². The van der Waals surface area contributed by atoms with E-state index >= 15 is 0 Å². The van der Waals surface area contributed by atoms with E-state index in [9.17, 15) is 18.5 Å². The molecular formula is C12H15BrN2O5S. The van der Waals surface area contributed by atoms with Gasteiger partial charge >= 0.3 is 0 Å². The Balaban J connectivity index is 2.43. The van der Waals surface area contributed by atoms with Crippen molar-refractivity contribution in [3.63, 3.8) is 0 Å². The number of rotatable bonds is 4. The van der Waals surface area contributed by atoms with Gasteiger partial charge in [0.2, 0.25) is 10.0 Å². The minimum Gasteiger partial charge on any atom is -0.381 e. The van der Waals surface area contributed by atoms with Crippen molar-refractivity contribution < 1.29 is 18.1 Å².